The highest BCUT2D eigenvalue weighted by Crippen LogP contribution is 2.45. The first-order valence-electron chi connectivity index (χ1n) is 19.1. The summed E-state index contributed by atoms with van der Waals surface area (Å²) in [6, 6.07) is 54.8. The molecule has 0 unspecified atom stereocenters. The van der Waals surface area contributed by atoms with E-state index < -0.39 is 0 Å². The lowest BCUT2D eigenvalue weighted by molar-refractivity contribution is 0.671. The molecule has 274 valence electrons. The van der Waals surface area contributed by atoms with E-state index in [0.717, 1.165) is 73.7 Å². The summed E-state index contributed by atoms with van der Waals surface area (Å²) in [5, 5.41) is 13.7. The number of rotatable bonds is 5. The van der Waals surface area contributed by atoms with Crippen LogP contribution in [0.1, 0.15) is 24.0 Å². The van der Waals surface area contributed by atoms with Gasteiger partial charge in [-0.3, -0.25) is 5.41 Å². The van der Waals surface area contributed by atoms with Crippen molar-refractivity contribution < 1.29 is 4.42 Å². The molecule has 2 aromatic heterocycles. The topological polar surface area (TPSA) is 61.7 Å². The van der Waals surface area contributed by atoms with Gasteiger partial charge < -0.3 is 4.42 Å². The van der Waals surface area contributed by atoms with Gasteiger partial charge in [0.1, 0.15) is 11.2 Å². The lowest BCUT2D eigenvalue weighted by Crippen LogP contribution is -2.06. The number of hydrogen-bond acceptors (Lipinski definition) is 3. The zero-order valence-electron chi connectivity index (χ0n) is 31.6. The molecule has 5 heteroatoms. The summed E-state index contributed by atoms with van der Waals surface area (Å²) in [7, 11) is 0. The molecule has 2 heterocycles. The van der Waals surface area contributed by atoms with Crippen molar-refractivity contribution in [3.8, 4) is 33.4 Å². The number of nitrogens with zero attached hydrogens (tertiary/aromatic N) is 2. The SMILES string of the molecule is C=NC(=NC(=N)c1ccc(-c2ccc3c(c2)sc2ccccc23)c2oc3c(-c4ccccc4)cc(-c4ccccc4)cc3c12)C1=CC=CCC1.Cc1ccccc1. The van der Waals surface area contributed by atoms with Crippen molar-refractivity contribution in [2.45, 2.75) is 19.8 Å². The molecule has 1 aliphatic rings. The molecule has 0 atom stereocenters. The van der Waals surface area contributed by atoms with Gasteiger partial charge in [0.2, 0.25) is 0 Å². The van der Waals surface area contributed by atoms with Crippen LogP contribution in [0.2, 0.25) is 0 Å². The minimum absolute atomic E-state index is 0.119. The summed E-state index contributed by atoms with van der Waals surface area (Å²) in [5.41, 5.74) is 10.8. The fraction of sp³-hybridized carbons (Fsp3) is 0.0577. The molecule has 0 saturated heterocycles. The number of hydrogen-bond donors (Lipinski definition) is 1. The van der Waals surface area contributed by atoms with Crippen LogP contribution < -0.4 is 0 Å². The molecule has 0 saturated carbocycles. The quantitative estimate of drug-likeness (QED) is 0.138. The van der Waals surface area contributed by atoms with Crippen molar-refractivity contribution in [3.05, 3.63) is 193 Å². The maximum atomic E-state index is 9.40. The summed E-state index contributed by atoms with van der Waals surface area (Å²) in [6.07, 6.45) is 7.88. The van der Waals surface area contributed by atoms with Crippen LogP contribution in [0.5, 0.6) is 0 Å². The molecule has 0 fully saturated rings. The van der Waals surface area contributed by atoms with Crippen molar-refractivity contribution in [2.75, 3.05) is 0 Å². The predicted octanol–water partition coefficient (Wildman–Crippen LogP) is 14.7. The van der Waals surface area contributed by atoms with E-state index in [2.05, 4.69) is 146 Å². The number of furan rings is 1. The largest absolute Gasteiger partial charge is 0.455 e. The second-order valence-electron chi connectivity index (χ2n) is 14.2. The molecule has 57 heavy (non-hydrogen) atoms. The molecule has 0 amide bonds. The molecule has 4 nitrogen and oxygen atoms in total. The molecule has 9 aromatic rings. The third-order valence-corrected chi connectivity index (χ3v) is 11.6. The van der Waals surface area contributed by atoms with Gasteiger partial charge in [0.05, 0.1) is 0 Å². The lowest BCUT2D eigenvalue weighted by atomic mass is 9.93. The average molecular weight is 754 g/mol. The van der Waals surface area contributed by atoms with Crippen LogP contribution in [0, 0.1) is 12.3 Å². The van der Waals surface area contributed by atoms with E-state index in [1.807, 2.05) is 48.6 Å². The van der Waals surface area contributed by atoms with Crippen LogP contribution in [0.25, 0.3) is 75.5 Å². The van der Waals surface area contributed by atoms with Gasteiger partial charge in [-0.05, 0) is 90.7 Å². The molecule has 7 aromatic carbocycles. The number of fused-ring (bicyclic) bond motifs is 6. The third kappa shape index (κ3) is 7.06. The summed E-state index contributed by atoms with van der Waals surface area (Å²) in [5.74, 6) is 0.600. The van der Waals surface area contributed by atoms with Gasteiger partial charge >= 0.3 is 0 Å². The van der Waals surface area contributed by atoms with E-state index in [1.54, 1.807) is 11.3 Å². The first kappa shape index (κ1) is 35.7. The second-order valence-corrected chi connectivity index (χ2v) is 15.2. The minimum Gasteiger partial charge on any atom is -0.455 e. The van der Waals surface area contributed by atoms with Crippen LogP contribution in [0.15, 0.2) is 196 Å². The number of amidine groups is 2. The first-order valence-corrected chi connectivity index (χ1v) is 20.0. The molecule has 0 spiro atoms. The molecule has 0 aliphatic heterocycles. The Bertz CT molecular complexity index is 3040. The van der Waals surface area contributed by atoms with E-state index in [4.69, 9.17) is 9.41 Å². The van der Waals surface area contributed by atoms with Crippen molar-refractivity contribution >= 4 is 71.8 Å². The molecular weight excluding hydrogens is 715 g/mol. The highest BCUT2D eigenvalue weighted by Gasteiger charge is 2.23. The van der Waals surface area contributed by atoms with E-state index in [-0.39, 0.29) is 5.84 Å². The summed E-state index contributed by atoms with van der Waals surface area (Å²) in [4.78, 5) is 9.04. The predicted molar refractivity (Wildman–Crippen MR) is 244 cm³/mol. The van der Waals surface area contributed by atoms with Crippen LogP contribution >= 0.6 is 11.3 Å². The maximum absolute atomic E-state index is 9.40. The van der Waals surface area contributed by atoms with Gasteiger partial charge in [0.25, 0.3) is 0 Å². The van der Waals surface area contributed by atoms with Crippen LogP contribution in [0.4, 0.5) is 0 Å². The highest BCUT2D eigenvalue weighted by atomic mass is 32.1. The zero-order chi connectivity index (χ0) is 38.7. The van der Waals surface area contributed by atoms with Crippen molar-refractivity contribution in [1.29, 1.82) is 5.41 Å². The van der Waals surface area contributed by atoms with Crippen molar-refractivity contribution in [3.63, 3.8) is 0 Å². The number of thiophene rings is 1. The molecule has 0 radical (unpaired) electrons. The molecule has 1 aliphatic carbocycles. The standard InChI is InChI=1S/C45H31N3OS.C7H8/c1-47-45(30-17-9-4-10-18-30)48-44(46)36-24-23-33(31-21-22-35-34-19-11-12-20-39(34)50-40(35)27-31)43-41(36)38-26-32(28-13-5-2-6-14-28)25-37(42(38)49-43)29-15-7-3-8-16-29;1-7-5-3-2-4-6-7/h2-9,11-17,19-27,46H,1,10,18H2;2-6H,1H3. The third-order valence-electron chi connectivity index (χ3n) is 10.5. The van der Waals surface area contributed by atoms with Crippen molar-refractivity contribution in [1.82, 2.24) is 0 Å². The Kier molecular flexibility index (Phi) is 9.81. The Labute approximate surface area is 336 Å². The van der Waals surface area contributed by atoms with Crippen LogP contribution in [0.3, 0.4) is 0 Å². The fourth-order valence-electron chi connectivity index (χ4n) is 7.63. The smallest absolute Gasteiger partial charge is 0.156 e. The Balaban J connectivity index is 0.000000548. The molecule has 10 rings (SSSR count). The maximum Gasteiger partial charge on any atom is 0.156 e. The fourth-order valence-corrected chi connectivity index (χ4v) is 8.77. The van der Waals surface area contributed by atoms with Gasteiger partial charge in [-0.1, -0.05) is 145 Å². The first-order chi connectivity index (χ1) is 28.1. The van der Waals surface area contributed by atoms with E-state index in [0.29, 0.717) is 11.4 Å². The van der Waals surface area contributed by atoms with Crippen LogP contribution in [-0.4, -0.2) is 18.4 Å². The van der Waals surface area contributed by atoms with E-state index in [9.17, 15) is 5.41 Å². The molecular formula is C52H39N3OS. The van der Waals surface area contributed by atoms with Gasteiger partial charge in [-0.25, -0.2) is 9.98 Å². The minimum atomic E-state index is 0.119. The van der Waals surface area contributed by atoms with Gasteiger partial charge in [0.15, 0.2) is 11.7 Å². The summed E-state index contributed by atoms with van der Waals surface area (Å²) < 4.78 is 9.52. The average Bonchev–Trinajstić information content (AvgIpc) is 3.85. The highest BCUT2D eigenvalue weighted by molar-refractivity contribution is 7.25. The number of aryl methyl sites for hydroxylation is 1. The Morgan fingerprint density at radius 1 is 0.632 bits per heavy atom. The van der Waals surface area contributed by atoms with Crippen molar-refractivity contribution in [2.24, 2.45) is 9.98 Å². The number of nitrogens with one attached hydrogen (secondary N) is 1. The Hall–Kier alpha value is -6.95. The normalized spacial score (nSPS) is 12.8. The Morgan fingerprint density at radius 2 is 1.33 bits per heavy atom. The molecule has 1 N–H and O–H groups in total. The summed E-state index contributed by atoms with van der Waals surface area (Å²) >= 11 is 1.80. The van der Waals surface area contributed by atoms with E-state index >= 15 is 0 Å². The van der Waals surface area contributed by atoms with Crippen LogP contribution in [-0.2, 0) is 0 Å². The second kappa shape index (κ2) is 15.7. The monoisotopic (exact) mass is 753 g/mol. The number of allylic oxidation sites excluding steroid dienone is 3. The zero-order valence-corrected chi connectivity index (χ0v) is 32.4. The summed E-state index contributed by atoms with van der Waals surface area (Å²) in [6.45, 7) is 5.89. The lowest BCUT2D eigenvalue weighted by Gasteiger charge is -2.11. The Morgan fingerprint density at radius 3 is 2.04 bits per heavy atom. The number of benzene rings is 7. The van der Waals surface area contributed by atoms with Gasteiger partial charge in [-0.15, -0.1) is 11.3 Å². The van der Waals surface area contributed by atoms with Gasteiger partial charge in [-0.2, -0.15) is 0 Å². The van der Waals surface area contributed by atoms with E-state index in [1.165, 1.54) is 25.7 Å². The number of aliphatic imine (C=N–C) groups is 2. The molecule has 0 bridgehead atoms. The van der Waals surface area contributed by atoms with Gasteiger partial charge in [0, 0.05) is 47.6 Å².